The summed E-state index contributed by atoms with van der Waals surface area (Å²) in [6, 6.07) is 14.4. The molecule has 0 bridgehead atoms. The normalized spacial score (nSPS) is 12.5. The molecular weight excluding hydrogens is 308 g/mol. The molecule has 3 aromatic rings. The van der Waals surface area contributed by atoms with E-state index in [0.717, 1.165) is 20.4 Å². The van der Waals surface area contributed by atoms with Crippen LogP contribution >= 0.6 is 35.2 Å². The molecule has 20 heavy (non-hydrogen) atoms. The van der Waals surface area contributed by atoms with Crippen molar-refractivity contribution in [3.8, 4) is 11.3 Å². The predicted octanol–water partition coefficient (Wildman–Crippen LogP) is 5.54. The van der Waals surface area contributed by atoms with E-state index in [4.69, 9.17) is 23.8 Å². The van der Waals surface area contributed by atoms with Crippen LogP contribution in [0.25, 0.3) is 11.3 Å². The summed E-state index contributed by atoms with van der Waals surface area (Å²) in [6.45, 7) is 2.14. The summed E-state index contributed by atoms with van der Waals surface area (Å²) < 4.78 is 3.66. The van der Waals surface area contributed by atoms with Crippen molar-refractivity contribution in [3.05, 3.63) is 62.6 Å². The first-order chi connectivity index (χ1) is 9.66. The van der Waals surface area contributed by atoms with E-state index in [2.05, 4.69) is 34.7 Å². The van der Waals surface area contributed by atoms with Gasteiger partial charge in [0, 0.05) is 11.1 Å². The molecule has 0 saturated carbocycles. The quantitative estimate of drug-likeness (QED) is 0.629. The Labute approximate surface area is 131 Å². The highest BCUT2D eigenvalue weighted by Crippen LogP contribution is 2.32. The molecule has 0 fully saturated rings. The Morgan fingerprint density at radius 3 is 2.60 bits per heavy atom. The number of aromatic nitrogens is 2. The number of imidazole rings is 1. The van der Waals surface area contributed by atoms with E-state index < -0.39 is 0 Å². The fourth-order valence-electron chi connectivity index (χ4n) is 2.27. The van der Waals surface area contributed by atoms with Crippen molar-refractivity contribution in [2.75, 3.05) is 0 Å². The smallest absolute Gasteiger partial charge is 0.178 e. The van der Waals surface area contributed by atoms with Gasteiger partial charge in [0.15, 0.2) is 4.77 Å². The zero-order chi connectivity index (χ0) is 14.1. The summed E-state index contributed by atoms with van der Waals surface area (Å²) in [5.41, 5.74) is 2.24. The molecule has 1 unspecified atom stereocenters. The Kier molecular flexibility index (Phi) is 3.78. The average molecular weight is 321 g/mol. The lowest BCUT2D eigenvalue weighted by molar-refractivity contribution is 0.647. The topological polar surface area (TPSA) is 20.7 Å². The predicted molar refractivity (Wildman–Crippen MR) is 88.2 cm³/mol. The average Bonchev–Trinajstić information content (AvgIpc) is 3.05. The fraction of sp³-hybridized carbons (Fsp3) is 0.133. The minimum Gasteiger partial charge on any atom is -0.337 e. The summed E-state index contributed by atoms with van der Waals surface area (Å²) in [6.07, 6.45) is 1.96. The van der Waals surface area contributed by atoms with Crippen LogP contribution in [0.2, 0.25) is 4.34 Å². The van der Waals surface area contributed by atoms with Gasteiger partial charge in [0.1, 0.15) is 0 Å². The first-order valence-electron chi connectivity index (χ1n) is 6.27. The van der Waals surface area contributed by atoms with Gasteiger partial charge in [-0.25, -0.2) is 0 Å². The SMILES string of the molecule is CC(c1ccc(Cl)s1)n1c(-c2ccccc2)c[nH]c1=S. The second kappa shape index (κ2) is 5.56. The van der Waals surface area contributed by atoms with Gasteiger partial charge in [0.05, 0.1) is 16.1 Å². The van der Waals surface area contributed by atoms with Crippen LogP contribution in [-0.2, 0) is 0 Å². The Morgan fingerprint density at radius 1 is 1.20 bits per heavy atom. The molecule has 1 N–H and O–H groups in total. The second-order valence-corrected chi connectivity index (χ2v) is 6.67. The van der Waals surface area contributed by atoms with Gasteiger partial charge in [-0.05, 0) is 36.8 Å². The van der Waals surface area contributed by atoms with E-state index in [1.54, 1.807) is 11.3 Å². The fourth-order valence-corrected chi connectivity index (χ4v) is 3.69. The summed E-state index contributed by atoms with van der Waals surface area (Å²) >= 11 is 13.1. The molecule has 3 rings (SSSR count). The maximum atomic E-state index is 6.04. The van der Waals surface area contributed by atoms with Crippen LogP contribution in [0.3, 0.4) is 0 Å². The number of halogens is 1. The first kappa shape index (κ1) is 13.6. The Hall–Kier alpha value is -1.36. The number of benzene rings is 1. The molecule has 0 aliphatic carbocycles. The van der Waals surface area contributed by atoms with Gasteiger partial charge in [-0.2, -0.15) is 0 Å². The van der Waals surface area contributed by atoms with Gasteiger partial charge in [0.25, 0.3) is 0 Å². The summed E-state index contributed by atoms with van der Waals surface area (Å²) in [5.74, 6) is 0. The van der Waals surface area contributed by atoms with E-state index in [1.165, 1.54) is 4.88 Å². The highest BCUT2D eigenvalue weighted by molar-refractivity contribution is 7.71. The molecule has 1 aromatic carbocycles. The van der Waals surface area contributed by atoms with Crippen molar-refractivity contribution in [1.82, 2.24) is 9.55 Å². The van der Waals surface area contributed by atoms with Crippen molar-refractivity contribution >= 4 is 35.2 Å². The number of H-pyrrole nitrogens is 1. The van der Waals surface area contributed by atoms with E-state index in [0.29, 0.717) is 0 Å². The van der Waals surface area contributed by atoms with Gasteiger partial charge < -0.3 is 9.55 Å². The number of nitrogens with zero attached hydrogens (tertiary/aromatic N) is 1. The van der Waals surface area contributed by atoms with Crippen LogP contribution in [0.5, 0.6) is 0 Å². The first-order valence-corrected chi connectivity index (χ1v) is 7.87. The summed E-state index contributed by atoms with van der Waals surface area (Å²) in [4.78, 5) is 4.34. The maximum Gasteiger partial charge on any atom is 0.178 e. The lowest BCUT2D eigenvalue weighted by Gasteiger charge is -2.15. The van der Waals surface area contributed by atoms with Crippen LogP contribution in [0.1, 0.15) is 17.8 Å². The monoisotopic (exact) mass is 320 g/mol. The Bertz CT molecular complexity index is 771. The van der Waals surface area contributed by atoms with Crippen molar-refractivity contribution in [3.63, 3.8) is 0 Å². The minimum atomic E-state index is 0.154. The van der Waals surface area contributed by atoms with Gasteiger partial charge in [-0.15, -0.1) is 11.3 Å². The van der Waals surface area contributed by atoms with Crippen molar-refractivity contribution in [2.24, 2.45) is 0 Å². The van der Waals surface area contributed by atoms with Crippen LogP contribution in [0.4, 0.5) is 0 Å². The standard InChI is InChI=1S/C15H13ClN2S2/c1-10(13-7-8-14(16)20-13)18-12(9-17-15(18)19)11-5-3-2-4-6-11/h2-10H,1H3,(H,17,19). The molecule has 0 radical (unpaired) electrons. The highest BCUT2D eigenvalue weighted by atomic mass is 35.5. The molecule has 0 saturated heterocycles. The summed E-state index contributed by atoms with van der Waals surface area (Å²) in [7, 11) is 0. The van der Waals surface area contributed by atoms with Crippen molar-refractivity contribution < 1.29 is 0 Å². The van der Waals surface area contributed by atoms with Crippen molar-refractivity contribution in [2.45, 2.75) is 13.0 Å². The van der Waals surface area contributed by atoms with Crippen LogP contribution in [0.15, 0.2) is 48.7 Å². The molecule has 1 atom stereocenters. The summed E-state index contributed by atoms with van der Waals surface area (Å²) in [5, 5.41) is 0. The van der Waals surface area contributed by atoms with Crippen LogP contribution in [-0.4, -0.2) is 9.55 Å². The van der Waals surface area contributed by atoms with E-state index in [1.807, 2.05) is 30.5 Å². The Balaban J connectivity index is 2.10. The van der Waals surface area contributed by atoms with Gasteiger partial charge >= 0.3 is 0 Å². The molecule has 2 nitrogen and oxygen atoms in total. The van der Waals surface area contributed by atoms with Crippen LogP contribution < -0.4 is 0 Å². The molecular formula is C15H13ClN2S2. The Morgan fingerprint density at radius 2 is 1.95 bits per heavy atom. The maximum absolute atomic E-state index is 6.04. The minimum absolute atomic E-state index is 0.154. The third-order valence-corrected chi connectivity index (χ3v) is 4.99. The zero-order valence-corrected chi connectivity index (χ0v) is 13.2. The van der Waals surface area contributed by atoms with Gasteiger partial charge in [0.2, 0.25) is 0 Å². The molecule has 0 aliphatic heterocycles. The molecule has 0 aliphatic rings. The van der Waals surface area contributed by atoms with Gasteiger partial charge in [-0.1, -0.05) is 41.9 Å². The molecule has 102 valence electrons. The highest BCUT2D eigenvalue weighted by Gasteiger charge is 2.16. The molecule has 2 heterocycles. The van der Waals surface area contributed by atoms with Crippen molar-refractivity contribution in [1.29, 1.82) is 0 Å². The zero-order valence-electron chi connectivity index (χ0n) is 10.8. The molecule has 5 heteroatoms. The molecule has 0 spiro atoms. The largest absolute Gasteiger partial charge is 0.337 e. The van der Waals surface area contributed by atoms with E-state index >= 15 is 0 Å². The number of hydrogen-bond donors (Lipinski definition) is 1. The molecule has 2 aromatic heterocycles. The van der Waals surface area contributed by atoms with Crippen LogP contribution in [0, 0.1) is 4.77 Å². The number of nitrogens with one attached hydrogen (secondary N) is 1. The third-order valence-electron chi connectivity index (χ3n) is 3.27. The van der Waals surface area contributed by atoms with Gasteiger partial charge in [-0.3, -0.25) is 0 Å². The lowest BCUT2D eigenvalue weighted by Crippen LogP contribution is -2.06. The number of aromatic amines is 1. The van der Waals surface area contributed by atoms with E-state index in [9.17, 15) is 0 Å². The number of rotatable bonds is 3. The number of hydrogen-bond acceptors (Lipinski definition) is 2. The second-order valence-electron chi connectivity index (χ2n) is 4.53. The number of thiophene rings is 1. The third kappa shape index (κ3) is 2.46. The van der Waals surface area contributed by atoms with E-state index in [-0.39, 0.29) is 6.04 Å². The molecule has 0 amide bonds. The lowest BCUT2D eigenvalue weighted by atomic mass is 10.1.